The number of benzene rings is 2. The number of nitrogens with two attached hydrogens (primary N) is 1. The molecule has 0 bridgehead atoms. The monoisotopic (exact) mass is 499 g/mol. The van der Waals surface area contributed by atoms with E-state index >= 15 is 0 Å². The quantitative estimate of drug-likeness (QED) is 0.327. The lowest BCUT2D eigenvalue weighted by molar-refractivity contribution is 0.0599. The molecular formula is C27H22FN5O4. The highest BCUT2D eigenvalue weighted by atomic mass is 19.1. The van der Waals surface area contributed by atoms with Crippen molar-refractivity contribution in [2.24, 2.45) is 5.73 Å². The van der Waals surface area contributed by atoms with Gasteiger partial charge in [0.25, 0.3) is 11.8 Å². The minimum absolute atomic E-state index is 0.0161. The van der Waals surface area contributed by atoms with Gasteiger partial charge in [-0.3, -0.25) is 19.6 Å². The molecule has 37 heavy (non-hydrogen) atoms. The number of amides is 2. The third-order valence-electron chi connectivity index (χ3n) is 5.46. The van der Waals surface area contributed by atoms with Crippen molar-refractivity contribution in [3.05, 3.63) is 107 Å². The number of esters is 1. The van der Waals surface area contributed by atoms with Gasteiger partial charge in [-0.05, 0) is 59.2 Å². The average molecular weight is 500 g/mol. The first-order valence-electron chi connectivity index (χ1n) is 11.1. The second-order valence-corrected chi connectivity index (χ2v) is 7.84. The van der Waals surface area contributed by atoms with Gasteiger partial charge in [0.1, 0.15) is 5.69 Å². The van der Waals surface area contributed by atoms with Crippen molar-refractivity contribution >= 4 is 29.2 Å². The molecule has 186 valence electrons. The molecule has 2 aromatic heterocycles. The molecule has 2 heterocycles. The molecule has 2 amide bonds. The van der Waals surface area contributed by atoms with Crippen LogP contribution in [-0.4, -0.2) is 34.9 Å². The van der Waals surface area contributed by atoms with Crippen molar-refractivity contribution in [2.75, 3.05) is 17.7 Å². The summed E-state index contributed by atoms with van der Waals surface area (Å²) in [6.45, 7) is 0.212. The third-order valence-corrected chi connectivity index (χ3v) is 5.46. The predicted molar refractivity (Wildman–Crippen MR) is 135 cm³/mol. The molecule has 2 aromatic carbocycles. The zero-order chi connectivity index (χ0) is 26.4. The molecule has 4 N–H and O–H groups in total. The van der Waals surface area contributed by atoms with E-state index in [0.29, 0.717) is 22.4 Å². The van der Waals surface area contributed by atoms with Crippen molar-refractivity contribution in [2.45, 2.75) is 6.54 Å². The number of aromatic nitrogens is 2. The Bertz CT molecular complexity index is 1470. The average Bonchev–Trinajstić information content (AvgIpc) is 2.93. The summed E-state index contributed by atoms with van der Waals surface area (Å²) in [6.07, 6.45) is 3.66. The molecule has 4 rings (SSSR count). The molecular weight excluding hydrogens is 477 g/mol. The zero-order valence-corrected chi connectivity index (χ0v) is 19.7. The van der Waals surface area contributed by atoms with Gasteiger partial charge in [-0.25, -0.2) is 9.18 Å². The first-order chi connectivity index (χ1) is 17.9. The number of pyridine rings is 2. The minimum Gasteiger partial charge on any atom is -0.465 e. The third kappa shape index (κ3) is 5.82. The van der Waals surface area contributed by atoms with E-state index in [2.05, 4.69) is 25.3 Å². The Balaban J connectivity index is 1.57. The van der Waals surface area contributed by atoms with E-state index < -0.39 is 23.6 Å². The van der Waals surface area contributed by atoms with Crippen LogP contribution in [0, 0.1) is 5.82 Å². The Kier molecular flexibility index (Phi) is 7.60. The van der Waals surface area contributed by atoms with E-state index in [1.54, 1.807) is 36.4 Å². The summed E-state index contributed by atoms with van der Waals surface area (Å²) in [7, 11) is 1.26. The lowest BCUT2D eigenvalue weighted by atomic mass is 9.96. The smallest absolute Gasteiger partial charge is 0.339 e. The van der Waals surface area contributed by atoms with E-state index in [1.807, 2.05) is 6.07 Å². The highest BCUT2D eigenvalue weighted by Crippen LogP contribution is 2.28. The van der Waals surface area contributed by atoms with E-state index in [1.165, 1.54) is 37.7 Å². The Labute approximate surface area is 211 Å². The fraction of sp³-hybridized carbons (Fsp3) is 0.0741. The molecule has 0 fully saturated rings. The molecule has 0 aliphatic carbocycles. The number of carbonyl (C=O) groups is 3. The van der Waals surface area contributed by atoms with Crippen LogP contribution in [0.3, 0.4) is 0 Å². The van der Waals surface area contributed by atoms with Gasteiger partial charge in [0, 0.05) is 30.2 Å². The highest BCUT2D eigenvalue weighted by Gasteiger charge is 2.15. The van der Waals surface area contributed by atoms with Crippen LogP contribution in [0.2, 0.25) is 0 Å². The van der Waals surface area contributed by atoms with Crippen molar-refractivity contribution in [3.63, 3.8) is 0 Å². The van der Waals surface area contributed by atoms with Crippen LogP contribution < -0.4 is 16.4 Å². The molecule has 10 heteroatoms. The number of carbonyl (C=O) groups excluding carboxylic acids is 3. The number of rotatable bonds is 7. The Morgan fingerprint density at radius 2 is 1.76 bits per heavy atom. The van der Waals surface area contributed by atoms with Crippen LogP contribution in [0.1, 0.15) is 36.8 Å². The summed E-state index contributed by atoms with van der Waals surface area (Å²) in [5.74, 6) is -2.17. The molecule has 0 aliphatic rings. The van der Waals surface area contributed by atoms with E-state index in [-0.39, 0.29) is 23.5 Å². The van der Waals surface area contributed by atoms with E-state index in [0.717, 1.165) is 11.8 Å². The molecule has 0 atom stereocenters. The fourth-order valence-electron chi connectivity index (χ4n) is 3.56. The van der Waals surface area contributed by atoms with E-state index in [4.69, 9.17) is 5.73 Å². The second-order valence-electron chi connectivity index (χ2n) is 7.84. The van der Waals surface area contributed by atoms with Gasteiger partial charge in [-0.2, -0.15) is 0 Å². The topological polar surface area (TPSA) is 136 Å². The normalized spacial score (nSPS) is 10.5. The molecule has 9 nitrogen and oxygen atoms in total. The summed E-state index contributed by atoms with van der Waals surface area (Å²) in [4.78, 5) is 44.7. The molecule has 0 spiro atoms. The Morgan fingerprint density at radius 3 is 2.46 bits per heavy atom. The number of methoxy groups -OCH3 is 1. The number of hydrogen-bond acceptors (Lipinski definition) is 7. The first-order valence-corrected chi connectivity index (χ1v) is 11.1. The number of halogens is 1. The number of anilines is 2. The molecule has 0 saturated carbocycles. The van der Waals surface area contributed by atoms with Gasteiger partial charge in [0.15, 0.2) is 5.82 Å². The first kappa shape index (κ1) is 25.1. The highest BCUT2D eigenvalue weighted by molar-refractivity contribution is 6.05. The molecule has 0 saturated heterocycles. The molecule has 0 unspecified atom stereocenters. The van der Waals surface area contributed by atoms with Crippen LogP contribution in [-0.2, 0) is 11.3 Å². The van der Waals surface area contributed by atoms with Gasteiger partial charge in [0.05, 0.1) is 24.6 Å². The van der Waals surface area contributed by atoms with Gasteiger partial charge < -0.3 is 21.1 Å². The number of hydrogen-bond donors (Lipinski definition) is 3. The molecule has 4 aromatic rings. The Hall–Kier alpha value is -4.96. The standard InChI is InChI=1S/C27H22FN5O4/c1-37-27(36)19-7-8-24(31-14-19)26(35)32-20-4-2-3-16(11-20)21-12-17(5-6-18(21)13-29)25(34)33-23-9-10-30-15-22(23)28/h2-12,14-15H,13,29H2,1H3,(H,32,35)(H,30,33,34). The van der Waals surface area contributed by atoms with Crippen molar-refractivity contribution in [1.82, 2.24) is 9.97 Å². The maximum Gasteiger partial charge on any atom is 0.339 e. The summed E-state index contributed by atoms with van der Waals surface area (Å²) in [5.41, 5.74) is 9.23. The van der Waals surface area contributed by atoms with Crippen LogP contribution >= 0.6 is 0 Å². The maximum atomic E-state index is 13.9. The maximum absolute atomic E-state index is 13.9. The van der Waals surface area contributed by atoms with Crippen LogP contribution in [0.25, 0.3) is 11.1 Å². The lowest BCUT2D eigenvalue weighted by Crippen LogP contribution is -2.14. The number of ether oxygens (including phenoxy) is 1. The second kappa shape index (κ2) is 11.2. The summed E-state index contributed by atoms with van der Waals surface area (Å²) in [6, 6.07) is 16.2. The largest absolute Gasteiger partial charge is 0.465 e. The van der Waals surface area contributed by atoms with Crippen molar-refractivity contribution in [1.29, 1.82) is 0 Å². The van der Waals surface area contributed by atoms with Crippen molar-refractivity contribution in [3.8, 4) is 11.1 Å². The van der Waals surface area contributed by atoms with E-state index in [9.17, 15) is 18.8 Å². The summed E-state index contributed by atoms with van der Waals surface area (Å²) in [5, 5.41) is 5.30. The van der Waals surface area contributed by atoms with Gasteiger partial charge >= 0.3 is 5.97 Å². The van der Waals surface area contributed by atoms with Gasteiger partial charge in [-0.15, -0.1) is 0 Å². The number of nitrogens with one attached hydrogen (secondary N) is 2. The predicted octanol–water partition coefficient (Wildman–Crippen LogP) is 4.03. The summed E-state index contributed by atoms with van der Waals surface area (Å²) >= 11 is 0. The van der Waals surface area contributed by atoms with Crippen molar-refractivity contribution < 1.29 is 23.5 Å². The number of nitrogens with zero attached hydrogens (tertiary/aromatic N) is 2. The molecule has 0 radical (unpaired) electrons. The summed E-state index contributed by atoms with van der Waals surface area (Å²) < 4.78 is 18.5. The van der Waals surface area contributed by atoms with Crippen LogP contribution in [0.15, 0.2) is 79.3 Å². The minimum atomic E-state index is -0.646. The zero-order valence-electron chi connectivity index (χ0n) is 19.7. The van der Waals surface area contributed by atoms with Gasteiger partial charge in [-0.1, -0.05) is 18.2 Å². The fourth-order valence-corrected chi connectivity index (χ4v) is 3.56. The van der Waals surface area contributed by atoms with Crippen LogP contribution in [0.5, 0.6) is 0 Å². The SMILES string of the molecule is COC(=O)c1ccc(C(=O)Nc2cccc(-c3cc(C(=O)Nc4ccncc4F)ccc3CN)c2)nc1. The lowest BCUT2D eigenvalue weighted by Gasteiger charge is -2.13. The molecule has 0 aliphatic heterocycles. The van der Waals surface area contributed by atoms with Crippen LogP contribution in [0.4, 0.5) is 15.8 Å². The van der Waals surface area contributed by atoms with Gasteiger partial charge in [0.2, 0.25) is 0 Å². The Morgan fingerprint density at radius 1 is 0.946 bits per heavy atom.